The van der Waals surface area contributed by atoms with Crippen molar-refractivity contribution in [1.82, 2.24) is 0 Å². The van der Waals surface area contributed by atoms with Crippen LogP contribution >= 0.6 is 0 Å². The molecule has 0 aliphatic rings. The van der Waals surface area contributed by atoms with E-state index < -0.39 is 0 Å². The Hall–Kier alpha value is -1.06. The normalized spacial score (nSPS) is 11.7. The first-order valence-electron chi connectivity index (χ1n) is 13.1. The molecule has 0 bridgehead atoms. The summed E-state index contributed by atoms with van der Waals surface area (Å²) in [7, 11) is 0. The van der Waals surface area contributed by atoms with E-state index in [9.17, 15) is 0 Å². The highest BCUT2D eigenvalue weighted by atomic mass is 16.7. The van der Waals surface area contributed by atoms with Crippen molar-refractivity contribution in [3.63, 3.8) is 0 Å². The monoisotopic (exact) mass is 438 g/mol. The molecule has 0 amide bonds. The van der Waals surface area contributed by atoms with Gasteiger partial charge in [-0.05, 0) is 44.6 Å². The Morgan fingerprint density at radius 1 is 0.548 bits per heavy atom. The molecule has 0 saturated carbocycles. The number of ether oxygens (including phenoxy) is 3. The van der Waals surface area contributed by atoms with E-state index in [1.807, 2.05) is 12.2 Å². The molecule has 0 rings (SSSR count). The van der Waals surface area contributed by atoms with Gasteiger partial charge in [-0.2, -0.15) is 0 Å². The first-order valence-corrected chi connectivity index (χ1v) is 13.1. The molecule has 0 aromatic heterocycles. The summed E-state index contributed by atoms with van der Waals surface area (Å²) in [4.78, 5) is 0. The van der Waals surface area contributed by atoms with Crippen LogP contribution in [0.5, 0.6) is 0 Å². The molecule has 0 saturated heterocycles. The molecule has 0 aromatic carbocycles. The van der Waals surface area contributed by atoms with E-state index in [1.54, 1.807) is 6.26 Å². The molecule has 0 spiro atoms. The molecule has 0 fully saturated rings. The minimum Gasteiger partial charge on any atom is -0.501 e. The Morgan fingerprint density at radius 2 is 1.13 bits per heavy atom. The molecule has 0 heterocycles. The van der Waals surface area contributed by atoms with Crippen LogP contribution in [0.3, 0.4) is 0 Å². The lowest BCUT2D eigenvalue weighted by Gasteiger charge is -2.17. The van der Waals surface area contributed by atoms with Crippen molar-refractivity contribution in [2.24, 2.45) is 0 Å². The molecule has 0 atom stereocenters. The molecule has 0 aliphatic carbocycles. The second-order valence-corrected chi connectivity index (χ2v) is 7.88. The molecule has 184 valence electrons. The van der Waals surface area contributed by atoms with Gasteiger partial charge in [-0.15, -0.1) is 0 Å². The van der Waals surface area contributed by atoms with Gasteiger partial charge in [0, 0.05) is 13.2 Å². The summed E-state index contributed by atoms with van der Waals surface area (Å²) in [5, 5.41) is 0. The largest absolute Gasteiger partial charge is 0.501 e. The van der Waals surface area contributed by atoms with Crippen LogP contribution in [-0.4, -0.2) is 26.1 Å². The topological polar surface area (TPSA) is 27.7 Å². The average molecular weight is 439 g/mol. The number of hydrogen-bond acceptors (Lipinski definition) is 3. The van der Waals surface area contributed by atoms with Crippen LogP contribution < -0.4 is 0 Å². The van der Waals surface area contributed by atoms with Crippen molar-refractivity contribution < 1.29 is 14.2 Å². The van der Waals surface area contributed by atoms with Gasteiger partial charge in [-0.25, -0.2) is 0 Å². The Morgan fingerprint density at radius 3 is 1.71 bits per heavy atom. The molecular formula is C28H54O3. The van der Waals surface area contributed by atoms with Gasteiger partial charge in [0.25, 0.3) is 0 Å². The first kappa shape index (κ1) is 32.1. The van der Waals surface area contributed by atoms with Crippen LogP contribution in [0.1, 0.15) is 118 Å². The van der Waals surface area contributed by atoms with E-state index in [1.165, 1.54) is 51.4 Å². The number of allylic oxidation sites excluding steroid dienone is 5. The van der Waals surface area contributed by atoms with Crippen LogP contribution in [0.25, 0.3) is 0 Å². The average Bonchev–Trinajstić information content (AvgIpc) is 2.78. The fourth-order valence-corrected chi connectivity index (χ4v) is 2.56. The molecule has 0 unspecified atom stereocenters. The van der Waals surface area contributed by atoms with Gasteiger partial charge in [-0.1, -0.05) is 104 Å². The van der Waals surface area contributed by atoms with Crippen molar-refractivity contribution >= 4 is 0 Å². The standard InChI is InChI=1S/C16H28O.C12H26O2/c1-3-5-7-8-9-10-11-12-13-14-16-17-15-6-4-2;1-4-7-10-13-12(9-6-3)14-11-8-5-2/h10-14,16H,3-9,15H2,1-2H3;12H,4-11H2,1-3H3. The third kappa shape index (κ3) is 31.2. The molecule has 3 heteroatoms. The van der Waals surface area contributed by atoms with Crippen LogP contribution in [0.2, 0.25) is 0 Å². The van der Waals surface area contributed by atoms with Crippen LogP contribution in [0, 0.1) is 0 Å². The molecule has 0 aliphatic heterocycles. The van der Waals surface area contributed by atoms with Crippen molar-refractivity contribution in [3.8, 4) is 0 Å². The smallest absolute Gasteiger partial charge is 0.157 e. The highest BCUT2D eigenvalue weighted by molar-refractivity contribution is 5.09. The fraction of sp³-hybridized carbons (Fsp3) is 0.786. The SMILES string of the molecule is CCCCCCC=CC=CC=COCCCC.CCCCOC(CCC)OCCCC. The lowest BCUT2D eigenvalue weighted by molar-refractivity contribution is -0.147. The molecule has 0 aromatic rings. The fourth-order valence-electron chi connectivity index (χ4n) is 2.56. The molecule has 31 heavy (non-hydrogen) atoms. The van der Waals surface area contributed by atoms with Gasteiger partial charge in [0.2, 0.25) is 0 Å². The number of rotatable bonds is 21. The number of unbranched alkanes of at least 4 members (excludes halogenated alkanes) is 7. The summed E-state index contributed by atoms with van der Waals surface area (Å²) >= 11 is 0. The Kier molecular flexibility index (Phi) is 32.3. The molecule has 3 nitrogen and oxygen atoms in total. The Bertz CT molecular complexity index is 378. The third-order valence-electron chi connectivity index (χ3n) is 4.61. The lowest BCUT2D eigenvalue weighted by Crippen LogP contribution is -2.18. The zero-order valence-corrected chi connectivity index (χ0v) is 21.6. The number of hydrogen-bond donors (Lipinski definition) is 0. The van der Waals surface area contributed by atoms with E-state index in [0.29, 0.717) is 0 Å². The predicted octanol–water partition coefficient (Wildman–Crippen LogP) is 9.15. The lowest BCUT2D eigenvalue weighted by atomic mass is 10.1. The van der Waals surface area contributed by atoms with Crippen LogP contribution in [0.4, 0.5) is 0 Å². The van der Waals surface area contributed by atoms with Gasteiger partial charge in [0.05, 0.1) is 12.9 Å². The highest BCUT2D eigenvalue weighted by Crippen LogP contribution is 2.06. The minimum atomic E-state index is 0.0399. The van der Waals surface area contributed by atoms with Crippen molar-refractivity contribution in [2.45, 2.75) is 124 Å². The predicted molar refractivity (Wildman–Crippen MR) is 137 cm³/mol. The van der Waals surface area contributed by atoms with E-state index in [4.69, 9.17) is 14.2 Å². The Balaban J connectivity index is 0. The van der Waals surface area contributed by atoms with Crippen molar-refractivity contribution in [3.05, 3.63) is 36.6 Å². The van der Waals surface area contributed by atoms with E-state index in [0.717, 1.165) is 51.9 Å². The third-order valence-corrected chi connectivity index (χ3v) is 4.61. The van der Waals surface area contributed by atoms with Crippen LogP contribution in [-0.2, 0) is 14.2 Å². The van der Waals surface area contributed by atoms with Gasteiger partial charge >= 0.3 is 0 Å². The Labute approximate surface area is 195 Å². The summed E-state index contributed by atoms with van der Waals surface area (Å²) in [6, 6.07) is 0. The van der Waals surface area contributed by atoms with Gasteiger partial charge in [0.15, 0.2) is 6.29 Å². The second kappa shape index (κ2) is 31.1. The maximum Gasteiger partial charge on any atom is 0.157 e. The summed E-state index contributed by atoms with van der Waals surface area (Å²) < 4.78 is 16.6. The van der Waals surface area contributed by atoms with E-state index >= 15 is 0 Å². The summed E-state index contributed by atoms with van der Waals surface area (Å²) in [5.74, 6) is 0. The summed E-state index contributed by atoms with van der Waals surface area (Å²) in [6.07, 6.45) is 27.8. The quantitative estimate of drug-likeness (QED) is 0.0773. The maximum absolute atomic E-state index is 5.65. The van der Waals surface area contributed by atoms with E-state index in [2.05, 4.69) is 52.8 Å². The molecule has 0 N–H and O–H groups in total. The highest BCUT2D eigenvalue weighted by Gasteiger charge is 2.06. The van der Waals surface area contributed by atoms with Gasteiger partial charge in [0.1, 0.15) is 0 Å². The second-order valence-electron chi connectivity index (χ2n) is 7.88. The maximum atomic E-state index is 5.65. The summed E-state index contributed by atoms with van der Waals surface area (Å²) in [5.41, 5.74) is 0. The van der Waals surface area contributed by atoms with Crippen LogP contribution in [0.15, 0.2) is 36.6 Å². The van der Waals surface area contributed by atoms with Crippen molar-refractivity contribution in [1.29, 1.82) is 0 Å². The van der Waals surface area contributed by atoms with Gasteiger partial charge in [-0.3, -0.25) is 0 Å². The first-order chi connectivity index (χ1) is 15.3. The molecule has 0 radical (unpaired) electrons. The zero-order valence-electron chi connectivity index (χ0n) is 21.6. The molecular weight excluding hydrogens is 384 g/mol. The zero-order chi connectivity index (χ0) is 23.3. The minimum absolute atomic E-state index is 0.0399. The van der Waals surface area contributed by atoms with E-state index in [-0.39, 0.29) is 6.29 Å². The van der Waals surface area contributed by atoms with Gasteiger partial charge < -0.3 is 14.2 Å². The van der Waals surface area contributed by atoms with Crippen molar-refractivity contribution in [2.75, 3.05) is 19.8 Å². The summed E-state index contributed by atoms with van der Waals surface area (Å²) in [6.45, 7) is 13.4.